The summed E-state index contributed by atoms with van der Waals surface area (Å²) in [7, 11) is -3.66. The Morgan fingerprint density at radius 1 is 1.07 bits per heavy atom. The highest BCUT2D eigenvalue weighted by Crippen LogP contribution is 2.20. The van der Waals surface area contributed by atoms with Gasteiger partial charge >= 0.3 is 0 Å². The van der Waals surface area contributed by atoms with Gasteiger partial charge in [0.05, 0.1) is 0 Å². The Balaban J connectivity index is 1.40. The SMILES string of the molecule is NS(=O)(=O)N1CCC(C(=O)NC2CCN(Cc3ccc(F)cc3)CC2)CC1. The number of benzene rings is 1. The lowest BCUT2D eigenvalue weighted by Crippen LogP contribution is -2.49. The minimum Gasteiger partial charge on any atom is -0.353 e. The van der Waals surface area contributed by atoms with Crippen LogP contribution in [-0.2, 0) is 21.5 Å². The quantitative estimate of drug-likeness (QED) is 0.768. The van der Waals surface area contributed by atoms with Crippen molar-refractivity contribution in [2.45, 2.75) is 38.3 Å². The first-order valence-corrected chi connectivity index (χ1v) is 10.9. The highest BCUT2D eigenvalue weighted by molar-refractivity contribution is 7.86. The first kappa shape index (κ1) is 20.2. The van der Waals surface area contributed by atoms with Crippen LogP contribution in [0.4, 0.5) is 4.39 Å². The van der Waals surface area contributed by atoms with Crippen LogP contribution in [0.3, 0.4) is 0 Å². The van der Waals surface area contributed by atoms with Gasteiger partial charge in [-0.3, -0.25) is 9.69 Å². The number of piperidine rings is 2. The number of hydrogen-bond donors (Lipinski definition) is 2. The van der Waals surface area contributed by atoms with Crippen molar-refractivity contribution in [2.24, 2.45) is 11.1 Å². The number of nitrogens with two attached hydrogens (primary N) is 1. The van der Waals surface area contributed by atoms with Crippen LogP contribution in [-0.4, -0.2) is 55.8 Å². The van der Waals surface area contributed by atoms with E-state index in [4.69, 9.17) is 5.14 Å². The first-order valence-electron chi connectivity index (χ1n) is 9.36. The maximum atomic E-state index is 13.0. The van der Waals surface area contributed by atoms with Gasteiger partial charge in [0.25, 0.3) is 10.2 Å². The molecule has 9 heteroatoms. The molecule has 7 nitrogen and oxygen atoms in total. The van der Waals surface area contributed by atoms with Crippen molar-refractivity contribution in [2.75, 3.05) is 26.2 Å². The van der Waals surface area contributed by atoms with Crippen LogP contribution in [0, 0.1) is 11.7 Å². The monoisotopic (exact) mass is 398 g/mol. The third-order valence-electron chi connectivity index (χ3n) is 5.44. The molecule has 150 valence electrons. The standard InChI is InChI=1S/C18H27FN4O3S/c19-16-3-1-14(2-4-16)13-22-9-7-17(8-10-22)21-18(24)15-5-11-23(12-6-15)27(20,25)26/h1-4,15,17H,5-13H2,(H,21,24)(H2,20,25,26). The van der Waals surface area contributed by atoms with E-state index >= 15 is 0 Å². The number of carbonyl (C=O) groups is 1. The van der Waals surface area contributed by atoms with E-state index in [-0.39, 0.29) is 23.7 Å². The van der Waals surface area contributed by atoms with Crippen molar-refractivity contribution in [1.29, 1.82) is 0 Å². The predicted molar refractivity (Wildman–Crippen MR) is 100 cm³/mol. The second-order valence-corrected chi connectivity index (χ2v) is 8.95. The number of likely N-dealkylation sites (tertiary alicyclic amines) is 1. The molecule has 0 aromatic heterocycles. The number of nitrogens with one attached hydrogen (secondary N) is 1. The van der Waals surface area contributed by atoms with Crippen LogP contribution in [0.25, 0.3) is 0 Å². The van der Waals surface area contributed by atoms with Crippen LogP contribution in [0.2, 0.25) is 0 Å². The fraction of sp³-hybridized carbons (Fsp3) is 0.611. The Morgan fingerprint density at radius 2 is 1.67 bits per heavy atom. The van der Waals surface area contributed by atoms with Gasteiger partial charge in [0.15, 0.2) is 0 Å². The maximum absolute atomic E-state index is 13.0. The molecule has 0 spiro atoms. The van der Waals surface area contributed by atoms with E-state index < -0.39 is 10.2 Å². The molecule has 0 radical (unpaired) electrons. The lowest BCUT2D eigenvalue weighted by atomic mass is 9.95. The molecule has 2 aliphatic heterocycles. The molecule has 2 heterocycles. The minimum absolute atomic E-state index is 0.0149. The van der Waals surface area contributed by atoms with E-state index in [1.807, 2.05) is 0 Å². The summed E-state index contributed by atoms with van der Waals surface area (Å²) in [6, 6.07) is 6.71. The van der Waals surface area contributed by atoms with Gasteiger partial charge in [-0.05, 0) is 43.4 Å². The van der Waals surface area contributed by atoms with Crippen molar-refractivity contribution < 1.29 is 17.6 Å². The zero-order chi connectivity index (χ0) is 19.4. The van der Waals surface area contributed by atoms with Crippen LogP contribution in [0.5, 0.6) is 0 Å². The number of halogens is 1. The molecular formula is C18H27FN4O3S. The molecule has 0 saturated carbocycles. The molecule has 2 aliphatic rings. The van der Waals surface area contributed by atoms with Crippen molar-refractivity contribution in [3.05, 3.63) is 35.6 Å². The Hall–Kier alpha value is -1.55. The van der Waals surface area contributed by atoms with Crippen molar-refractivity contribution in [3.63, 3.8) is 0 Å². The number of amides is 1. The number of carbonyl (C=O) groups excluding carboxylic acids is 1. The largest absolute Gasteiger partial charge is 0.353 e. The lowest BCUT2D eigenvalue weighted by Gasteiger charge is -2.34. The number of hydrogen-bond acceptors (Lipinski definition) is 4. The van der Waals surface area contributed by atoms with Crippen LogP contribution in [0.15, 0.2) is 24.3 Å². The molecule has 3 N–H and O–H groups in total. The van der Waals surface area contributed by atoms with Gasteiger partial charge in [-0.15, -0.1) is 0 Å². The van der Waals surface area contributed by atoms with E-state index in [1.165, 1.54) is 16.4 Å². The zero-order valence-electron chi connectivity index (χ0n) is 15.3. The van der Waals surface area contributed by atoms with Crippen molar-refractivity contribution >= 4 is 16.1 Å². The summed E-state index contributed by atoms with van der Waals surface area (Å²) in [5.41, 5.74) is 1.08. The van der Waals surface area contributed by atoms with Gasteiger partial charge in [-0.25, -0.2) is 9.53 Å². The summed E-state index contributed by atoms with van der Waals surface area (Å²) < 4.78 is 36.9. The summed E-state index contributed by atoms with van der Waals surface area (Å²) in [6.45, 7) is 3.14. The van der Waals surface area contributed by atoms with Gasteiger partial charge in [0.2, 0.25) is 5.91 Å². The molecular weight excluding hydrogens is 371 g/mol. The molecule has 27 heavy (non-hydrogen) atoms. The van der Waals surface area contributed by atoms with Gasteiger partial charge in [-0.2, -0.15) is 12.7 Å². The van der Waals surface area contributed by atoms with Crippen molar-refractivity contribution in [3.8, 4) is 0 Å². The van der Waals surface area contributed by atoms with E-state index in [1.54, 1.807) is 12.1 Å². The smallest absolute Gasteiger partial charge is 0.276 e. The molecule has 0 bridgehead atoms. The van der Waals surface area contributed by atoms with Crippen LogP contribution < -0.4 is 10.5 Å². The molecule has 2 saturated heterocycles. The summed E-state index contributed by atoms with van der Waals surface area (Å²) in [4.78, 5) is 14.8. The Kier molecular flexibility index (Phi) is 6.46. The topological polar surface area (TPSA) is 95.7 Å². The Morgan fingerprint density at radius 3 is 2.22 bits per heavy atom. The van der Waals surface area contributed by atoms with Gasteiger partial charge in [0.1, 0.15) is 5.82 Å². The maximum Gasteiger partial charge on any atom is 0.276 e. The summed E-state index contributed by atoms with van der Waals surface area (Å²) in [5, 5.41) is 8.25. The highest BCUT2D eigenvalue weighted by atomic mass is 32.2. The second kappa shape index (κ2) is 8.64. The first-order chi connectivity index (χ1) is 12.8. The molecule has 2 fully saturated rings. The average molecular weight is 399 g/mol. The highest BCUT2D eigenvalue weighted by Gasteiger charge is 2.30. The van der Waals surface area contributed by atoms with E-state index in [2.05, 4.69) is 10.2 Å². The van der Waals surface area contributed by atoms with E-state index in [0.717, 1.165) is 38.0 Å². The number of nitrogens with zero attached hydrogens (tertiary/aromatic N) is 2. The third-order valence-corrected chi connectivity index (χ3v) is 6.52. The predicted octanol–water partition coefficient (Wildman–Crippen LogP) is 0.822. The number of rotatable bonds is 5. The molecule has 0 aliphatic carbocycles. The zero-order valence-corrected chi connectivity index (χ0v) is 16.1. The normalized spacial score (nSPS) is 21.3. The summed E-state index contributed by atoms with van der Waals surface area (Å²) >= 11 is 0. The molecule has 0 unspecified atom stereocenters. The average Bonchev–Trinajstić information content (AvgIpc) is 2.64. The van der Waals surface area contributed by atoms with E-state index in [0.29, 0.717) is 25.9 Å². The van der Waals surface area contributed by atoms with E-state index in [9.17, 15) is 17.6 Å². The van der Waals surface area contributed by atoms with Gasteiger partial charge in [-0.1, -0.05) is 12.1 Å². The van der Waals surface area contributed by atoms with Crippen molar-refractivity contribution in [1.82, 2.24) is 14.5 Å². The fourth-order valence-electron chi connectivity index (χ4n) is 3.77. The van der Waals surface area contributed by atoms with Crippen LogP contribution in [0.1, 0.15) is 31.2 Å². The third kappa shape index (κ3) is 5.71. The second-order valence-electron chi connectivity index (χ2n) is 7.40. The molecule has 3 rings (SSSR count). The van der Waals surface area contributed by atoms with Gasteiger partial charge < -0.3 is 5.32 Å². The lowest BCUT2D eigenvalue weighted by molar-refractivity contribution is -0.127. The molecule has 1 amide bonds. The molecule has 0 atom stereocenters. The Bertz CT molecular complexity index is 740. The summed E-state index contributed by atoms with van der Waals surface area (Å²) in [6.07, 6.45) is 2.77. The molecule has 1 aromatic rings. The Labute approximate surface area is 159 Å². The molecule has 1 aromatic carbocycles. The minimum atomic E-state index is -3.66. The van der Waals surface area contributed by atoms with Gasteiger partial charge in [0, 0.05) is 44.7 Å². The fourth-order valence-corrected chi connectivity index (χ4v) is 4.49. The summed E-state index contributed by atoms with van der Waals surface area (Å²) in [5.74, 6) is -0.364. The van der Waals surface area contributed by atoms with Crippen LogP contribution >= 0.6 is 0 Å².